The van der Waals surface area contributed by atoms with Crippen molar-refractivity contribution < 1.29 is 9.90 Å². The molecule has 0 atom stereocenters. The van der Waals surface area contributed by atoms with Crippen molar-refractivity contribution in [3.63, 3.8) is 0 Å². The molecule has 2 aromatic heterocycles. The van der Waals surface area contributed by atoms with E-state index >= 15 is 0 Å². The maximum atomic E-state index is 13.6. The van der Waals surface area contributed by atoms with E-state index in [1.54, 1.807) is 12.1 Å². The molecular formula is C21H11Br4NO2. The number of phenolic OH excluding ortho intramolecular Hbond substituents is 1. The van der Waals surface area contributed by atoms with Crippen LogP contribution >= 0.6 is 63.7 Å². The zero-order valence-electron chi connectivity index (χ0n) is 14.1. The number of pyridine rings is 1. The van der Waals surface area contributed by atoms with Gasteiger partial charge in [-0.1, -0.05) is 34.1 Å². The summed E-state index contributed by atoms with van der Waals surface area (Å²) in [6.45, 7) is 0. The van der Waals surface area contributed by atoms with E-state index in [2.05, 4.69) is 63.7 Å². The van der Waals surface area contributed by atoms with Gasteiger partial charge in [-0.25, -0.2) is 0 Å². The molecule has 0 saturated heterocycles. The highest BCUT2D eigenvalue weighted by Gasteiger charge is 2.25. The fourth-order valence-electron chi connectivity index (χ4n) is 3.13. The highest BCUT2D eigenvalue weighted by atomic mass is 79.9. The number of hydrogen-bond donors (Lipinski definition) is 1. The number of carbonyl (C=O) groups is 1. The molecule has 0 fully saturated rings. The molecule has 0 amide bonds. The van der Waals surface area contributed by atoms with E-state index in [4.69, 9.17) is 0 Å². The van der Waals surface area contributed by atoms with Crippen molar-refractivity contribution in [3.05, 3.63) is 89.9 Å². The maximum absolute atomic E-state index is 13.6. The Hall–Kier alpha value is -1.41. The van der Waals surface area contributed by atoms with Crippen LogP contribution in [0.4, 0.5) is 0 Å². The molecule has 0 aliphatic carbocycles. The van der Waals surface area contributed by atoms with Gasteiger partial charge in [-0.2, -0.15) is 0 Å². The van der Waals surface area contributed by atoms with Gasteiger partial charge < -0.3 is 9.51 Å². The highest BCUT2D eigenvalue weighted by molar-refractivity contribution is 9.11. The lowest BCUT2D eigenvalue weighted by Gasteiger charge is -2.09. The summed E-state index contributed by atoms with van der Waals surface area (Å²) in [6, 6.07) is 16.9. The first-order chi connectivity index (χ1) is 13.4. The number of fused-ring (bicyclic) bond motifs is 1. The number of nitrogens with zero attached hydrogens (tertiary/aromatic N) is 1. The minimum absolute atomic E-state index is 0.0601. The molecule has 28 heavy (non-hydrogen) atoms. The van der Waals surface area contributed by atoms with E-state index in [1.807, 2.05) is 53.1 Å². The Kier molecular flexibility index (Phi) is 5.53. The number of hydrogen-bond acceptors (Lipinski definition) is 2. The molecule has 0 unspecified atom stereocenters. The van der Waals surface area contributed by atoms with E-state index in [0.717, 1.165) is 25.6 Å². The second kappa shape index (κ2) is 7.78. The normalized spacial score (nSPS) is 11.1. The topological polar surface area (TPSA) is 41.7 Å². The fourth-order valence-corrected chi connectivity index (χ4v) is 5.46. The summed E-state index contributed by atoms with van der Waals surface area (Å²) in [7, 11) is 0. The fraction of sp³-hybridized carbons (Fsp3) is 0. The number of carbonyl (C=O) groups excluding carboxylic acids is 1. The van der Waals surface area contributed by atoms with E-state index in [9.17, 15) is 9.90 Å². The van der Waals surface area contributed by atoms with Crippen LogP contribution in [0.5, 0.6) is 5.75 Å². The molecule has 0 saturated carbocycles. The van der Waals surface area contributed by atoms with E-state index in [0.29, 0.717) is 20.2 Å². The van der Waals surface area contributed by atoms with Gasteiger partial charge in [0.1, 0.15) is 11.4 Å². The van der Waals surface area contributed by atoms with Crippen LogP contribution in [-0.2, 0) is 0 Å². The summed E-state index contributed by atoms with van der Waals surface area (Å²) in [6.07, 6.45) is 1.87. The zero-order chi connectivity index (χ0) is 20.0. The van der Waals surface area contributed by atoms with Crippen LogP contribution in [0.1, 0.15) is 16.1 Å². The lowest BCUT2D eigenvalue weighted by Crippen LogP contribution is -2.07. The van der Waals surface area contributed by atoms with Crippen LogP contribution in [0.25, 0.3) is 16.6 Å². The Morgan fingerprint density at radius 3 is 2.29 bits per heavy atom. The van der Waals surface area contributed by atoms with Gasteiger partial charge in [0.15, 0.2) is 0 Å². The number of phenols is 1. The Morgan fingerprint density at radius 1 is 0.893 bits per heavy atom. The molecular weight excluding hydrogens is 618 g/mol. The van der Waals surface area contributed by atoms with Crippen LogP contribution in [0, 0.1) is 0 Å². The van der Waals surface area contributed by atoms with Crippen LogP contribution in [0.2, 0.25) is 0 Å². The molecule has 4 aromatic rings. The minimum atomic E-state index is -0.150. The van der Waals surface area contributed by atoms with Crippen molar-refractivity contribution in [1.29, 1.82) is 0 Å². The second-order valence-electron chi connectivity index (χ2n) is 6.12. The van der Waals surface area contributed by atoms with Crippen molar-refractivity contribution in [2.24, 2.45) is 0 Å². The van der Waals surface area contributed by atoms with Gasteiger partial charge in [0, 0.05) is 21.8 Å². The van der Waals surface area contributed by atoms with Gasteiger partial charge in [-0.3, -0.25) is 4.79 Å². The standard InChI is InChI=1S/C21H11Br4NO2/c22-13-5-3-4-11(8-13)17-18(25)16-6-1-2-7-26(16)19(17)20(27)12-9-14(23)21(28)15(24)10-12/h1-10,28H. The van der Waals surface area contributed by atoms with E-state index in [-0.39, 0.29) is 11.5 Å². The summed E-state index contributed by atoms with van der Waals surface area (Å²) < 4.78 is 4.58. The molecule has 140 valence electrons. The van der Waals surface area contributed by atoms with Gasteiger partial charge in [0.2, 0.25) is 5.78 Å². The number of halogens is 4. The molecule has 0 aliphatic rings. The number of benzene rings is 2. The smallest absolute Gasteiger partial charge is 0.210 e. The molecule has 7 heteroatoms. The second-order valence-corrected chi connectivity index (χ2v) is 9.54. The Bertz CT molecular complexity index is 1220. The number of ketones is 1. The number of aromatic nitrogens is 1. The molecule has 0 aliphatic heterocycles. The minimum Gasteiger partial charge on any atom is -0.506 e. The Morgan fingerprint density at radius 2 is 1.61 bits per heavy atom. The van der Waals surface area contributed by atoms with E-state index in [1.165, 1.54) is 0 Å². The van der Waals surface area contributed by atoms with Crippen molar-refractivity contribution in [2.75, 3.05) is 0 Å². The third kappa shape index (κ3) is 3.38. The first kappa shape index (κ1) is 19.9. The summed E-state index contributed by atoms with van der Waals surface area (Å²) in [5.41, 5.74) is 3.65. The van der Waals surface area contributed by atoms with Gasteiger partial charge in [0.25, 0.3) is 0 Å². The summed E-state index contributed by atoms with van der Waals surface area (Å²) >= 11 is 13.8. The Balaban J connectivity index is 2.03. The average Bonchev–Trinajstić information content (AvgIpc) is 2.98. The van der Waals surface area contributed by atoms with Crippen molar-refractivity contribution in [1.82, 2.24) is 4.40 Å². The van der Waals surface area contributed by atoms with Crippen LogP contribution in [0.15, 0.2) is 78.7 Å². The van der Waals surface area contributed by atoms with Crippen LogP contribution in [0.3, 0.4) is 0 Å². The van der Waals surface area contributed by atoms with Gasteiger partial charge in [-0.05, 0) is 89.8 Å². The van der Waals surface area contributed by atoms with Crippen LogP contribution in [-0.4, -0.2) is 15.3 Å². The molecule has 1 N–H and O–H groups in total. The molecule has 0 spiro atoms. The monoisotopic (exact) mass is 625 g/mol. The Labute approximate surface area is 194 Å². The first-order valence-electron chi connectivity index (χ1n) is 8.15. The van der Waals surface area contributed by atoms with Crippen molar-refractivity contribution in [2.45, 2.75) is 0 Å². The number of aromatic hydroxyl groups is 1. The third-order valence-electron chi connectivity index (χ3n) is 4.39. The zero-order valence-corrected chi connectivity index (χ0v) is 20.4. The summed E-state index contributed by atoms with van der Waals surface area (Å²) in [5.74, 6) is -0.0896. The van der Waals surface area contributed by atoms with Gasteiger partial charge in [0.05, 0.1) is 18.9 Å². The molecule has 2 heterocycles. The molecule has 4 rings (SSSR count). The van der Waals surface area contributed by atoms with Gasteiger partial charge in [-0.15, -0.1) is 0 Å². The molecule has 0 radical (unpaired) electrons. The third-order valence-corrected chi connectivity index (χ3v) is 6.89. The lowest BCUT2D eigenvalue weighted by molar-refractivity contribution is 0.103. The SMILES string of the molecule is O=C(c1cc(Br)c(O)c(Br)c1)c1c(-c2cccc(Br)c2)c(Br)c2ccccn12. The lowest BCUT2D eigenvalue weighted by atomic mass is 10.00. The van der Waals surface area contributed by atoms with Crippen LogP contribution < -0.4 is 0 Å². The molecule has 0 bridgehead atoms. The predicted molar refractivity (Wildman–Crippen MR) is 125 cm³/mol. The summed E-state index contributed by atoms with van der Waals surface area (Å²) in [4.78, 5) is 13.6. The highest BCUT2D eigenvalue weighted by Crippen LogP contribution is 2.40. The quantitative estimate of drug-likeness (QED) is 0.238. The largest absolute Gasteiger partial charge is 0.506 e. The van der Waals surface area contributed by atoms with E-state index < -0.39 is 0 Å². The number of rotatable bonds is 3. The van der Waals surface area contributed by atoms with Crippen molar-refractivity contribution in [3.8, 4) is 16.9 Å². The summed E-state index contributed by atoms with van der Waals surface area (Å²) in [5, 5.41) is 10.00. The predicted octanol–water partition coefficient (Wildman–Crippen LogP) is 7.59. The maximum Gasteiger partial charge on any atom is 0.210 e. The van der Waals surface area contributed by atoms with Crippen molar-refractivity contribution >= 4 is 75.0 Å². The molecule has 2 aromatic carbocycles. The average molecular weight is 629 g/mol. The molecule has 3 nitrogen and oxygen atoms in total. The first-order valence-corrected chi connectivity index (χ1v) is 11.3. The van der Waals surface area contributed by atoms with Gasteiger partial charge >= 0.3 is 0 Å².